The van der Waals surface area contributed by atoms with Crippen LogP contribution in [0.3, 0.4) is 0 Å². The van der Waals surface area contributed by atoms with Crippen LogP contribution in [0.4, 0.5) is 5.00 Å². The number of hydrogen-bond donors (Lipinski definition) is 0. The molecule has 3 aromatic rings. The van der Waals surface area contributed by atoms with E-state index in [1.165, 1.54) is 10.4 Å². The van der Waals surface area contributed by atoms with Crippen LogP contribution in [-0.4, -0.2) is 18.8 Å². The molecule has 0 saturated heterocycles. The molecule has 1 aromatic carbocycles. The van der Waals surface area contributed by atoms with Crippen molar-refractivity contribution < 1.29 is 13.9 Å². The highest BCUT2D eigenvalue weighted by Crippen LogP contribution is 2.44. The number of rotatable bonds is 5. The number of benzene rings is 1. The van der Waals surface area contributed by atoms with Gasteiger partial charge in [0.05, 0.1) is 23.9 Å². The summed E-state index contributed by atoms with van der Waals surface area (Å²) in [4.78, 5) is 17.7. The molecule has 0 bridgehead atoms. The van der Waals surface area contributed by atoms with Crippen molar-refractivity contribution in [3.8, 4) is 17.4 Å². The highest BCUT2D eigenvalue weighted by molar-refractivity contribution is 7.16. The second-order valence-electron chi connectivity index (χ2n) is 9.36. The molecule has 0 fully saturated rings. The van der Waals surface area contributed by atoms with E-state index in [1.54, 1.807) is 36.6 Å². The molecule has 0 radical (unpaired) electrons. The van der Waals surface area contributed by atoms with Crippen LogP contribution in [0.15, 0.2) is 45.8 Å². The average molecular weight is 461 g/mol. The third-order valence-corrected chi connectivity index (χ3v) is 7.36. The van der Waals surface area contributed by atoms with Crippen LogP contribution in [0.2, 0.25) is 0 Å². The summed E-state index contributed by atoms with van der Waals surface area (Å²) >= 11 is 1.63. The number of carbonyl (C=O) groups is 1. The van der Waals surface area contributed by atoms with Gasteiger partial charge in [-0.05, 0) is 67.3 Å². The van der Waals surface area contributed by atoms with Crippen molar-refractivity contribution in [3.63, 3.8) is 0 Å². The van der Waals surface area contributed by atoms with Gasteiger partial charge in [-0.25, -0.2) is 9.79 Å². The fraction of sp³-hybridized carbons (Fsp3) is 0.370. The van der Waals surface area contributed by atoms with Gasteiger partial charge in [0.1, 0.15) is 22.6 Å². The van der Waals surface area contributed by atoms with E-state index in [-0.39, 0.29) is 11.4 Å². The third kappa shape index (κ3) is 4.94. The molecule has 1 aliphatic rings. The molecule has 0 saturated carbocycles. The van der Waals surface area contributed by atoms with Gasteiger partial charge in [-0.1, -0.05) is 32.9 Å². The number of hydrogen-bond acceptors (Lipinski definition) is 6. The van der Waals surface area contributed by atoms with Crippen LogP contribution >= 0.6 is 11.3 Å². The normalized spacial score (nSPS) is 15.9. The average Bonchev–Trinajstić information content (AvgIpc) is 3.41. The number of carbonyl (C=O) groups excluding carboxylic acids is 1. The first-order valence-corrected chi connectivity index (χ1v) is 12.1. The predicted molar refractivity (Wildman–Crippen MR) is 131 cm³/mol. The van der Waals surface area contributed by atoms with Crippen molar-refractivity contribution in [2.75, 3.05) is 6.61 Å². The topological polar surface area (TPSA) is 75.6 Å². The Labute approximate surface area is 198 Å². The Morgan fingerprint density at radius 2 is 2.03 bits per heavy atom. The summed E-state index contributed by atoms with van der Waals surface area (Å²) < 4.78 is 11.0. The van der Waals surface area contributed by atoms with Crippen LogP contribution in [-0.2, 0) is 17.6 Å². The molecule has 170 valence electrons. The van der Waals surface area contributed by atoms with Crippen molar-refractivity contribution in [3.05, 3.63) is 63.7 Å². The number of nitrogens with zero attached hydrogens (tertiary/aromatic N) is 2. The number of aliphatic imine (C=N–C) groups is 1. The van der Waals surface area contributed by atoms with E-state index in [0.29, 0.717) is 35.2 Å². The fourth-order valence-electron chi connectivity index (χ4n) is 4.20. The molecule has 5 nitrogen and oxygen atoms in total. The van der Waals surface area contributed by atoms with Crippen LogP contribution in [0.25, 0.3) is 11.3 Å². The lowest BCUT2D eigenvalue weighted by Gasteiger charge is -2.33. The first kappa shape index (κ1) is 23.0. The number of ether oxygens (including phenoxy) is 1. The molecule has 0 unspecified atom stereocenters. The van der Waals surface area contributed by atoms with Crippen LogP contribution < -0.4 is 0 Å². The van der Waals surface area contributed by atoms with E-state index in [9.17, 15) is 10.1 Å². The molecule has 1 atom stereocenters. The standard InChI is InChI=1S/C27H28N2O3S/c1-5-31-26(30)18-8-6-17(7-9-18)23-13-11-20(32-23)16-29-25-22(15-28)21-12-10-19(27(2,3)4)14-24(21)33-25/h6-9,11,13,16,19H,5,10,12,14H2,1-4H3/t19-/m1/s1. The number of esters is 1. The number of nitriles is 1. The molecule has 2 aromatic heterocycles. The van der Waals surface area contributed by atoms with Crippen molar-refractivity contribution in [2.45, 2.75) is 47.0 Å². The summed E-state index contributed by atoms with van der Waals surface area (Å²) in [5, 5.41) is 10.5. The Bertz CT molecular complexity index is 1220. The monoisotopic (exact) mass is 460 g/mol. The van der Waals surface area contributed by atoms with E-state index >= 15 is 0 Å². The Morgan fingerprint density at radius 3 is 2.70 bits per heavy atom. The Kier molecular flexibility index (Phi) is 6.53. The molecule has 0 N–H and O–H groups in total. The van der Waals surface area contributed by atoms with Crippen molar-refractivity contribution in [1.29, 1.82) is 5.26 Å². The maximum atomic E-state index is 11.8. The van der Waals surface area contributed by atoms with Gasteiger partial charge in [-0.15, -0.1) is 11.3 Å². The van der Waals surface area contributed by atoms with Crippen LogP contribution in [0, 0.1) is 22.7 Å². The quantitative estimate of drug-likeness (QED) is 0.305. The number of fused-ring (bicyclic) bond motifs is 1. The van der Waals surface area contributed by atoms with Crippen molar-refractivity contribution >= 4 is 28.5 Å². The zero-order valence-electron chi connectivity index (χ0n) is 19.5. The summed E-state index contributed by atoms with van der Waals surface area (Å²) in [5.74, 6) is 1.58. The van der Waals surface area contributed by atoms with Gasteiger partial charge >= 0.3 is 5.97 Å². The summed E-state index contributed by atoms with van der Waals surface area (Å²) in [7, 11) is 0. The first-order valence-electron chi connectivity index (χ1n) is 11.3. The molecular weight excluding hydrogens is 432 g/mol. The Morgan fingerprint density at radius 1 is 1.27 bits per heavy atom. The smallest absolute Gasteiger partial charge is 0.338 e. The third-order valence-electron chi connectivity index (χ3n) is 6.20. The van der Waals surface area contributed by atoms with E-state index in [2.05, 4.69) is 31.8 Å². The van der Waals surface area contributed by atoms with E-state index in [1.807, 2.05) is 24.3 Å². The van der Waals surface area contributed by atoms with E-state index in [4.69, 9.17) is 9.15 Å². The van der Waals surface area contributed by atoms with Gasteiger partial charge in [-0.2, -0.15) is 5.26 Å². The second kappa shape index (κ2) is 9.36. The second-order valence-corrected chi connectivity index (χ2v) is 10.4. The minimum atomic E-state index is -0.336. The molecule has 0 spiro atoms. The van der Waals surface area contributed by atoms with Crippen LogP contribution in [0.1, 0.15) is 66.2 Å². The van der Waals surface area contributed by atoms with Gasteiger partial charge < -0.3 is 9.15 Å². The molecule has 0 amide bonds. The first-order chi connectivity index (χ1) is 15.8. The lowest BCUT2D eigenvalue weighted by molar-refractivity contribution is 0.0526. The van der Waals surface area contributed by atoms with Crippen molar-refractivity contribution in [2.24, 2.45) is 16.3 Å². The largest absolute Gasteiger partial charge is 0.462 e. The highest BCUT2D eigenvalue weighted by Gasteiger charge is 2.32. The summed E-state index contributed by atoms with van der Waals surface area (Å²) in [5.41, 5.74) is 3.52. The number of thiophene rings is 1. The fourth-order valence-corrected chi connectivity index (χ4v) is 5.42. The molecule has 1 aliphatic carbocycles. The maximum absolute atomic E-state index is 11.8. The summed E-state index contributed by atoms with van der Waals surface area (Å²) in [6, 6.07) is 13.2. The molecular formula is C27H28N2O3S. The lowest BCUT2D eigenvalue weighted by Crippen LogP contribution is -2.26. The zero-order valence-corrected chi connectivity index (χ0v) is 20.3. The minimum Gasteiger partial charge on any atom is -0.462 e. The van der Waals surface area contributed by atoms with E-state index < -0.39 is 0 Å². The van der Waals surface area contributed by atoms with Gasteiger partial charge in [-0.3, -0.25) is 0 Å². The SMILES string of the molecule is CCOC(=O)c1ccc(-c2ccc(C=Nc3sc4c(c3C#N)CC[C@@H](C(C)(C)C)C4)o2)cc1. The maximum Gasteiger partial charge on any atom is 0.338 e. The minimum absolute atomic E-state index is 0.261. The lowest BCUT2D eigenvalue weighted by atomic mass is 9.72. The van der Waals surface area contributed by atoms with Gasteiger partial charge in [0, 0.05) is 10.4 Å². The van der Waals surface area contributed by atoms with Gasteiger partial charge in [0.15, 0.2) is 0 Å². The van der Waals surface area contributed by atoms with Gasteiger partial charge in [0.2, 0.25) is 0 Å². The molecule has 0 aliphatic heterocycles. The highest BCUT2D eigenvalue weighted by atomic mass is 32.1. The Hall–Kier alpha value is -3.17. The van der Waals surface area contributed by atoms with Crippen LogP contribution in [0.5, 0.6) is 0 Å². The zero-order chi connectivity index (χ0) is 23.6. The summed E-state index contributed by atoms with van der Waals surface area (Å²) in [6.45, 7) is 9.00. The van der Waals surface area contributed by atoms with Gasteiger partial charge in [0.25, 0.3) is 0 Å². The van der Waals surface area contributed by atoms with Crippen molar-refractivity contribution in [1.82, 2.24) is 0 Å². The predicted octanol–water partition coefficient (Wildman–Crippen LogP) is 6.96. The van der Waals surface area contributed by atoms with E-state index in [0.717, 1.165) is 29.8 Å². The number of furan rings is 1. The molecule has 33 heavy (non-hydrogen) atoms. The molecule has 6 heteroatoms. The summed E-state index contributed by atoms with van der Waals surface area (Å²) in [6.07, 6.45) is 4.75. The Balaban J connectivity index is 1.52. The molecule has 4 rings (SSSR count). The molecule has 2 heterocycles.